The maximum absolute atomic E-state index is 3.97. The van der Waals surface area contributed by atoms with Gasteiger partial charge >= 0.3 is 10.1 Å². The average Bonchev–Trinajstić information content (AvgIpc) is 1.75. The molecule has 0 atom stereocenters. The fourth-order valence-electron chi connectivity index (χ4n) is 0.224. The van der Waals surface area contributed by atoms with Crippen LogP contribution in [0.15, 0.2) is 0 Å². The van der Waals surface area contributed by atoms with Crippen LogP contribution in [0.5, 0.6) is 0 Å². The summed E-state index contributed by atoms with van der Waals surface area (Å²) in [6.07, 6.45) is 0. The molecule has 0 bridgehead atoms. The predicted molar refractivity (Wildman–Crippen MR) is 41.2 cm³/mol. The monoisotopic (exact) mass is 110 g/mol. The van der Waals surface area contributed by atoms with Crippen LogP contribution in [0.25, 0.3) is 5.32 Å². The van der Waals surface area contributed by atoms with Crippen molar-refractivity contribution in [3.05, 3.63) is 12.2 Å². The molecule has 0 fully saturated rings. The van der Waals surface area contributed by atoms with Crippen molar-refractivity contribution in [2.24, 2.45) is 0 Å². The molecule has 46 valence electrons. The van der Waals surface area contributed by atoms with Crippen LogP contribution in [0.3, 0.4) is 0 Å². The Morgan fingerprint density at radius 1 is 1.12 bits per heavy atom. The molecule has 0 heterocycles. The molecule has 8 heavy (non-hydrogen) atoms. The van der Waals surface area contributed by atoms with Gasteiger partial charge in [-0.2, -0.15) is 20.0 Å². The molecule has 0 spiro atoms. The molecule has 0 saturated heterocycles. The largest absolute Gasteiger partial charge is 2.00 e. The first-order valence-corrected chi connectivity index (χ1v) is 2.75. The molecule has 0 aromatic rings. The first kappa shape index (κ1) is 15.7. The van der Waals surface area contributed by atoms with Crippen LogP contribution in [0, 0.1) is 6.92 Å². The molecule has 0 aliphatic heterocycles. The van der Waals surface area contributed by atoms with Crippen molar-refractivity contribution in [2.45, 2.75) is 20.8 Å². The zero-order valence-corrected chi connectivity index (χ0v) is 6.28. The summed E-state index contributed by atoms with van der Waals surface area (Å²) >= 11 is 0. The van der Waals surface area contributed by atoms with Crippen LogP contribution >= 0.6 is 0 Å². The molecule has 2 heteroatoms. The minimum absolute atomic E-state index is 0. The fraction of sp³-hybridized carbons (Fsp3) is 0.833. The smallest absolute Gasteiger partial charge is 0.663 e. The normalized spacial score (nSPS) is 6.00. The third-order valence-electron chi connectivity index (χ3n) is 0.447. The summed E-state index contributed by atoms with van der Waals surface area (Å²) < 4.78 is 0. The van der Waals surface area contributed by atoms with Gasteiger partial charge in [0.05, 0.1) is 0 Å². The van der Waals surface area contributed by atoms with Gasteiger partial charge in [-0.05, 0) is 0 Å². The average molecular weight is 110 g/mol. The van der Waals surface area contributed by atoms with Crippen molar-refractivity contribution in [3.8, 4) is 0 Å². The van der Waals surface area contributed by atoms with Gasteiger partial charge in [-0.3, -0.25) is 0 Å². The van der Waals surface area contributed by atoms with E-state index in [1.54, 1.807) is 6.92 Å². The van der Waals surface area contributed by atoms with E-state index in [4.69, 9.17) is 0 Å². The molecule has 0 saturated carbocycles. The topological polar surface area (TPSA) is 14.1 Å². The quantitative estimate of drug-likeness (QED) is 0.380. The molecule has 0 aliphatic rings. The summed E-state index contributed by atoms with van der Waals surface area (Å²) in [5.41, 5.74) is 0. The van der Waals surface area contributed by atoms with Crippen LogP contribution in [0.4, 0.5) is 0 Å². The van der Waals surface area contributed by atoms with E-state index in [0.717, 1.165) is 13.1 Å². The number of nitrogens with zero attached hydrogens (tertiary/aromatic N) is 1. The van der Waals surface area contributed by atoms with Crippen LogP contribution in [-0.2, 0) is 0 Å². The second-order valence-corrected chi connectivity index (χ2v) is 0.856. The van der Waals surface area contributed by atoms with Crippen molar-refractivity contribution in [2.75, 3.05) is 13.1 Å². The maximum atomic E-state index is 3.97. The summed E-state index contributed by atoms with van der Waals surface area (Å²) in [5, 5.41) is 3.97. The summed E-state index contributed by atoms with van der Waals surface area (Å²) in [7, 11) is 0. The van der Waals surface area contributed by atoms with E-state index in [0.29, 0.717) is 0 Å². The summed E-state index contributed by atoms with van der Waals surface area (Å²) in [6.45, 7) is 11.0. The van der Waals surface area contributed by atoms with Crippen LogP contribution < -0.4 is 0 Å². The van der Waals surface area contributed by atoms with E-state index < -0.39 is 0 Å². The van der Waals surface area contributed by atoms with E-state index in [1.165, 1.54) is 0 Å². The summed E-state index contributed by atoms with van der Waals surface area (Å²) in [6, 6.07) is 0. The molecule has 1 nitrogen and oxygen atoms in total. The van der Waals surface area contributed by atoms with Crippen molar-refractivity contribution in [1.29, 1.82) is 0 Å². The minimum atomic E-state index is 0. The van der Waals surface area contributed by atoms with E-state index in [9.17, 15) is 0 Å². The van der Waals surface area contributed by atoms with Crippen LogP contribution in [0.1, 0.15) is 20.8 Å². The Balaban J connectivity index is -0.0000000750. The van der Waals surface area contributed by atoms with Gasteiger partial charge in [0.1, 0.15) is 0 Å². The summed E-state index contributed by atoms with van der Waals surface area (Å²) in [4.78, 5) is 0. The van der Waals surface area contributed by atoms with Crippen molar-refractivity contribution in [3.63, 3.8) is 0 Å². The number of hydrogen-bond donors (Lipinski definition) is 0. The Kier molecular flexibility index (Phi) is 53.7. The molecular weight excluding hydrogens is 95.1 g/mol. The van der Waals surface area contributed by atoms with Crippen LogP contribution in [-0.4, -0.2) is 23.2 Å². The Labute approximate surface area is 57.1 Å². The van der Waals surface area contributed by atoms with Crippen molar-refractivity contribution < 1.29 is 0 Å². The fourth-order valence-corrected chi connectivity index (χ4v) is 0.224. The molecule has 0 N–H and O–H groups in total. The molecule has 0 aromatic heterocycles. The van der Waals surface area contributed by atoms with Gasteiger partial charge < -0.3 is 12.2 Å². The molecule has 0 rings (SSSR count). The van der Waals surface area contributed by atoms with E-state index in [1.807, 2.05) is 13.8 Å². The van der Waals surface area contributed by atoms with Gasteiger partial charge in [0.25, 0.3) is 0 Å². The zero-order chi connectivity index (χ0) is 6.12. The zero-order valence-electron chi connectivity index (χ0n) is 6.28. The van der Waals surface area contributed by atoms with E-state index in [-0.39, 0.29) is 10.1 Å². The number of rotatable bonds is 2. The van der Waals surface area contributed by atoms with Gasteiger partial charge in [0, 0.05) is 0 Å². The Morgan fingerprint density at radius 2 is 1.38 bits per heavy atom. The Hall–Kier alpha value is 0.129. The molecule has 0 unspecified atom stereocenters. The predicted octanol–water partition coefficient (Wildman–Crippen LogP) is 1.86. The van der Waals surface area contributed by atoms with Crippen molar-refractivity contribution in [1.82, 2.24) is 0 Å². The van der Waals surface area contributed by atoms with Gasteiger partial charge in [-0.15, -0.1) is 0 Å². The maximum Gasteiger partial charge on any atom is 2.00 e. The number of hydrogen-bond acceptors (Lipinski definition) is 0. The Morgan fingerprint density at radius 3 is 1.38 bits per heavy atom. The second-order valence-electron chi connectivity index (χ2n) is 0.856. The van der Waals surface area contributed by atoms with Crippen molar-refractivity contribution >= 4 is 10.1 Å². The first-order chi connectivity index (χ1) is 3.41. The minimum Gasteiger partial charge on any atom is -0.663 e. The van der Waals surface area contributed by atoms with Crippen LogP contribution in [0.2, 0.25) is 0 Å². The molecule has 0 aromatic carbocycles. The van der Waals surface area contributed by atoms with Gasteiger partial charge in [0.2, 0.25) is 0 Å². The second kappa shape index (κ2) is 27.4. The molecule has 0 aliphatic carbocycles. The summed E-state index contributed by atoms with van der Waals surface area (Å²) in [5.74, 6) is 0. The Bertz CT molecular complexity index is 16.0. The van der Waals surface area contributed by atoms with Gasteiger partial charge in [-0.1, -0.05) is 13.8 Å². The van der Waals surface area contributed by atoms with E-state index >= 15 is 0 Å². The van der Waals surface area contributed by atoms with E-state index in [2.05, 4.69) is 12.2 Å². The van der Waals surface area contributed by atoms with Gasteiger partial charge in [-0.25, -0.2) is 0 Å². The molecule has 0 amide bonds. The standard InChI is InChI=1S/C4H10N.C2H5.Be/c1-3-5-4-2;1-2;/h3-4H2,1-2H3;1H2,2H3;/q2*-1;+2. The van der Waals surface area contributed by atoms with Gasteiger partial charge in [0.15, 0.2) is 0 Å². The third-order valence-corrected chi connectivity index (χ3v) is 0.447. The molecular formula is C6H15BeN. The SMILES string of the molecule is CC[N-]CC.[Be+2].[CH2-]C. The third kappa shape index (κ3) is 35.6. The molecule has 0 radical (unpaired) electrons. The first-order valence-electron chi connectivity index (χ1n) is 2.75.